The van der Waals surface area contributed by atoms with Gasteiger partial charge < -0.3 is 15.2 Å². The number of methoxy groups -OCH3 is 1. The van der Waals surface area contributed by atoms with Crippen LogP contribution in [0.1, 0.15) is 38.3 Å². The number of rotatable bonds is 7. The van der Waals surface area contributed by atoms with Gasteiger partial charge in [-0.1, -0.05) is 57.2 Å². The Labute approximate surface area is 145 Å². The minimum absolute atomic E-state index is 0.124. The predicted molar refractivity (Wildman–Crippen MR) is 99.5 cm³/mol. The van der Waals surface area contributed by atoms with Gasteiger partial charge in [-0.3, -0.25) is 0 Å². The highest BCUT2D eigenvalue weighted by Gasteiger charge is 2.20. The molecule has 1 atom stereocenters. The summed E-state index contributed by atoms with van der Waals surface area (Å²) in [5.74, 6) is 1.54. The number of hydrogen-bond acceptors (Lipinski definition) is 3. The lowest BCUT2D eigenvalue weighted by Crippen LogP contribution is -2.35. The van der Waals surface area contributed by atoms with Crippen LogP contribution in [0.15, 0.2) is 48.5 Å². The van der Waals surface area contributed by atoms with Crippen molar-refractivity contribution in [2.75, 3.05) is 7.11 Å². The second-order valence-electron chi connectivity index (χ2n) is 7.27. The van der Waals surface area contributed by atoms with Gasteiger partial charge in [0.2, 0.25) is 0 Å². The highest BCUT2D eigenvalue weighted by molar-refractivity contribution is 5.43. The molecule has 0 saturated heterocycles. The van der Waals surface area contributed by atoms with E-state index in [9.17, 15) is 0 Å². The van der Waals surface area contributed by atoms with Crippen molar-refractivity contribution in [3.63, 3.8) is 0 Å². The fourth-order valence-electron chi connectivity index (χ4n) is 2.48. The monoisotopic (exact) mass is 327 g/mol. The molecule has 3 heteroatoms. The average molecular weight is 327 g/mol. The van der Waals surface area contributed by atoms with Crippen LogP contribution in [0.4, 0.5) is 0 Å². The molecule has 130 valence electrons. The van der Waals surface area contributed by atoms with Gasteiger partial charge in [0.1, 0.15) is 6.61 Å². The van der Waals surface area contributed by atoms with E-state index in [4.69, 9.17) is 15.2 Å². The maximum Gasteiger partial charge on any atom is 0.161 e. The van der Waals surface area contributed by atoms with E-state index in [2.05, 4.69) is 45.0 Å². The fourth-order valence-corrected chi connectivity index (χ4v) is 2.48. The van der Waals surface area contributed by atoms with Crippen molar-refractivity contribution in [3.05, 3.63) is 59.7 Å². The van der Waals surface area contributed by atoms with Crippen LogP contribution in [0.2, 0.25) is 0 Å². The van der Waals surface area contributed by atoms with E-state index >= 15 is 0 Å². The average Bonchev–Trinajstić information content (AvgIpc) is 2.58. The fraction of sp³-hybridized carbons (Fsp3) is 0.429. The number of hydrogen-bond donors (Lipinski definition) is 1. The van der Waals surface area contributed by atoms with E-state index in [0.717, 1.165) is 29.9 Å². The molecule has 1 unspecified atom stereocenters. The van der Waals surface area contributed by atoms with Crippen molar-refractivity contribution >= 4 is 0 Å². The van der Waals surface area contributed by atoms with Gasteiger partial charge in [0.15, 0.2) is 11.5 Å². The lowest BCUT2D eigenvalue weighted by Gasteiger charge is -2.27. The molecule has 2 aromatic rings. The zero-order chi connectivity index (χ0) is 17.6. The van der Waals surface area contributed by atoms with E-state index in [1.165, 1.54) is 5.56 Å². The highest BCUT2D eigenvalue weighted by atomic mass is 16.5. The third-order valence-electron chi connectivity index (χ3n) is 4.32. The summed E-state index contributed by atoms with van der Waals surface area (Å²) in [6.07, 6.45) is 1.89. The number of nitrogens with two attached hydrogens (primary N) is 1. The minimum Gasteiger partial charge on any atom is -0.493 e. The second-order valence-corrected chi connectivity index (χ2v) is 7.27. The quantitative estimate of drug-likeness (QED) is 0.809. The number of ether oxygens (including phenoxy) is 2. The smallest absolute Gasteiger partial charge is 0.161 e. The summed E-state index contributed by atoms with van der Waals surface area (Å²) in [5, 5.41) is 0. The number of benzene rings is 2. The van der Waals surface area contributed by atoms with Crippen LogP contribution in [0.5, 0.6) is 11.5 Å². The lowest BCUT2D eigenvalue weighted by atomic mass is 9.84. The van der Waals surface area contributed by atoms with Crippen molar-refractivity contribution in [1.29, 1.82) is 0 Å². The van der Waals surface area contributed by atoms with Crippen LogP contribution in [-0.2, 0) is 13.0 Å². The molecular weight excluding hydrogens is 298 g/mol. The lowest BCUT2D eigenvalue weighted by molar-refractivity contribution is 0.283. The molecule has 0 fully saturated rings. The first-order valence-electron chi connectivity index (χ1n) is 8.49. The van der Waals surface area contributed by atoms with Gasteiger partial charge in [-0.05, 0) is 41.5 Å². The standard InChI is InChI=1S/C21H29NO2/c1-21(2,3)20(22)13-11-16-10-12-18(23-4)19(14-16)24-15-17-8-6-5-7-9-17/h5-10,12,14,20H,11,13,15,22H2,1-4H3. The Morgan fingerprint density at radius 3 is 2.29 bits per heavy atom. The molecule has 0 aliphatic carbocycles. The van der Waals surface area contributed by atoms with Crippen LogP contribution in [0.25, 0.3) is 0 Å². The first-order chi connectivity index (χ1) is 11.4. The van der Waals surface area contributed by atoms with Crippen molar-refractivity contribution < 1.29 is 9.47 Å². The molecule has 0 aliphatic rings. The van der Waals surface area contributed by atoms with Gasteiger partial charge in [0.05, 0.1) is 7.11 Å². The summed E-state index contributed by atoms with van der Waals surface area (Å²) in [7, 11) is 1.67. The Kier molecular flexibility index (Phi) is 6.27. The third-order valence-corrected chi connectivity index (χ3v) is 4.32. The molecule has 0 bridgehead atoms. The Balaban J connectivity index is 2.04. The van der Waals surface area contributed by atoms with Gasteiger partial charge >= 0.3 is 0 Å². The zero-order valence-electron chi connectivity index (χ0n) is 15.2. The first kappa shape index (κ1) is 18.3. The predicted octanol–water partition coefficient (Wildman–Crippen LogP) is 4.58. The van der Waals surface area contributed by atoms with Crippen molar-refractivity contribution in [1.82, 2.24) is 0 Å². The van der Waals surface area contributed by atoms with Gasteiger partial charge in [-0.15, -0.1) is 0 Å². The Hall–Kier alpha value is -2.00. The molecule has 0 spiro atoms. The summed E-state index contributed by atoms with van der Waals surface area (Å²) >= 11 is 0. The third kappa shape index (κ3) is 5.27. The summed E-state index contributed by atoms with van der Waals surface area (Å²) < 4.78 is 11.4. The molecule has 0 radical (unpaired) electrons. The summed E-state index contributed by atoms with van der Waals surface area (Å²) in [6, 6.07) is 16.4. The molecule has 2 rings (SSSR count). The van der Waals surface area contributed by atoms with Crippen LogP contribution >= 0.6 is 0 Å². The van der Waals surface area contributed by atoms with Gasteiger partial charge in [-0.2, -0.15) is 0 Å². The summed E-state index contributed by atoms with van der Waals surface area (Å²) in [4.78, 5) is 0. The van der Waals surface area contributed by atoms with Gasteiger partial charge in [0.25, 0.3) is 0 Å². The molecule has 0 aliphatic heterocycles. The van der Waals surface area contributed by atoms with Crippen molar-refractivity contribution in [2.24, 2.45) is 11.1 Å². The molecule has 3 nitrogen and oxygen atoms in total. The van der Waals surface area contributed by atoms with Crippen LogP contribution < -0.4 is 15.2 Å². The molecular formula is C21H29NO2. The maximum absolute atomic E-state index is 6.27. The van der Waals surface area contributed by atoms with E-state index in [1.54, 1.807) is 7.11 Å². The van der Waals surface area contributed by atoms with E-state index < -0.39 is 0 Å². The molecule has 2 aromatic carbocycles. The first-order valence-corrected chi connectivity index (χ1v) is 8.49. The largest absolute Gasteiger partial charge is 0.493 e. The Morgan fingerprint density at radius 2 is 1.67 bits per heavy atom. The van der Waals surface area contributed by atoms with Crippen molar-refractivity contribution in [2.45, 2.75) is 46.3 Å². The number of aryl methyl sites for hydroxylation is 1. The van der Waals surface area contributed by atoms with E-state index in [-0.39, 0.29) is 11.5 Å². The van der Waals surface area contributed by atoms with Crippen molar-refractivity contribution in [3.8, 4) is 11.5 Å². The van der Waals surface area contributed by atoms with Gasteiger partial charge in [0, 0.05) is 6.04 Å². The minimum atomic E-state index is 0.124. The zero-order valence-corrected chi connectivity index (χ0v) is 15.2. The molecule has 0 saturated carbocycles. The molecule has 24 heavy (non-hydrogen) atoms. The van der Waals surface area contributed by atoms with Crippen LogP contribution in [-0.4, -0.2) is 13.2 Å². The molecule has 0 heterocycles. The van der Waals surface area contributed by atoms with E-state index in [0.29, 0.717) is 6.61 Å². The summed E-state index contributed by atoms with van der Waals surface area (Å²) in [6.45, 7) is 7.07. The van der Waals surface area contributed by atoms with Gasteiger partial charge in [-0.25, -0.2) is 0 Å². The second kappa shape index (κ2) is 8.20. The SMILES string of the molecule is COc1ccc(CCC(N)C(C)(C)C)cc1OCc1ccccc1. The maximum atomic E-state index is 6.27. The highest BCUT2D eigenvalue weighted by Crippen LogP contribution is 2.30. The molecule has 0 amide bonds. The van der Waals surface area contributed by atoms with Crippen LogP contribution in [0, 0.1) is 5.41 Å². The normalized spacial score (nSPS) is 12.7. The Bertz CT molecular complexity index is 632. The van der Waals surface area contributed by atoms with E-state index in [1.807, 2.05) is 24.3 Å². The topological polar surface area (TPSA) is 44.5 Å². The summed E-state index contributed by atoms with van der Waals surface area (Å²) in [5.41, 5.74) is 8.76. The molecule has 0 aromatic heterocycles. The Morgan fingerprint density at radius 1 is 0.958 bits per heavy atom. The molecule has 2 N–H and O–H groups in total. The van der Waals surface area contributed by atoms with Crippen LogP contribution in [0.3, 0.4) is 0 Å².